The third-order valence-corrected chi connectivity index (χ3v) is 4.99. The Kier molecular flexibility index (Phi) is 3.45. The van der Waals surface area contributed by atoms with Crippen LogP contribution < -0.4 is 0 Å². The molecule has 0 aliphatic rings. The van der Waals surface area contributed by atoms with Gasteiger partial charge in [-0.05, 0) is 22.5 Å². The van der Waals surface area contributed by atoms with E-state index in [2.05, 4.69) is 34.6 Å². The summed E-state index contributed by atoms with van der Waals surface area (Å²) in [6, 6.07) is 7.29. The number of hydrogen-bond acceptors (Lipinski definition) is 2. The molecule has 17 heavy (non-hydrogen) atoms. The van der Waals surface area contributed by atoms with Crippen molar-refractivity contribution in [2.75, 3.05) is 6.26 Å². The second kappa shape index (κ2) is 4.13. The molecule has 3 heteroatoms. The quantitative estimate of drug-likeness (QED) is 0.810. The van der Waals surface area contributed by atoms with Gasteiger partial charge in [0, 0.05) is 6.26 Å². The largest absolute Gasteiger partial charge is 0.224 e. The van der Waals surface area contributed by atoms with E-state index in [1.807, 2.05) is 12.1 Å². The molecular formula is C14H22O2S. The van der Waals surface area contributed by atoms with Gasteiger partial charge in [0.1, 0.15) is 0 Å². The summed E-state index contributed by atoms with van der Waals surface area (Å²) in [5.74, 6) is 0. The lowest BCUT2D eigenvalue weighted by Gasteiger charge is -2.40. The Morgan fingerprint density at radius 3 is 1.82 bits per heavy atom. The molecule has 0 fully saturated rings. The minimum Gasteiger partial charge on any atom is -0.224 e. The summed E-state index contributed by atoms with van der Waals surface area (Å²) in [6.07, 6.45) is 1.27. The highest BCUT2D eigenvalue weighted by molar-refractivity contribution is 7.90. The Labute approximate surface area is 105 Å². The zero-order valence-corrected chi connectivity index (χ0v) is 12.4. The van der Waals surface area contributed by atoms with Crippen LogP contribution in [0.15, 0.2) is 29.2 Å². The topological polar surface area (TPSA) is 34.1 Å². The van der Waals surface area contributed by atoms with Crippen molar-refractivity contribution < 1.29 is 8.42 Å². The molecule has 0 aromatic heterocycles. The summed E-state index contributed by atoms with van der Waals surface area (Å²) in [7, 11) is -3.18. The second-order valence-electron chi connectivity index (χ2n) is 6.14. The van der Waals surface area contributed by atoms with Crippen molar-refractivity contribution >= 4 is 9.84 Å². The van der Waals surface area contributed by atoms with Crippen molar-refractivity contribution in [3.05, 3.63) is 29.8 Å². The molecule has 0 bridgehead atoms. The lowest BCUT2D eigenvalue weighted by Crippen LogP contribution is -2.35. The highest BCUT2D eigenvalue weighted by atomic mass is 32.2. The van der Waals surface area contributed by atoms with Crippen LogP contribution in [0.1, 0.15) is 40.2 Å². The Morgan fingerprint density at radius 2 is 1.41 bits per heavy atom. The van der Waals surface area contributed by atoms with E-state index >= 15 is 0 Å². The van der Waals surface area contributed by atoms with E-state index in [1.165, 1.54) is 6.26 Å². The average Bonchev–Trinajstić information content (AvgIpc) is 2.14. The fraction of sp³-hybridized carbons (Fsp3) is 0.571. The molecule has 0 aliphatic carbocycles. The Balaban J connectivity index is 3.54. The first-order chi connectivity index (χ1) is 7.48. The minimum atomic E-state index is -3.18. The minimum absolute atomic E-state index is 0.00616. The summed E-state index contributed by atoms with van der Waals surface area (Å²) >= 11 is 0. The Hall–Kier alpha value is -0.830. The van der Waals surface area contributed by atoms with Gasteiger partial charge in [-0.2, -0.15) is 0 Å². The van der Waals surface area contributed by atoms with Gasteiger partial charge in [0.05, 0.1) is 4.90 Å². The van der Waals surface area contributed by atoms with Crippen LogP contribution in [0.3, 0.4) is 0 Å². The smallest absolute Gasteiger partial charge is 0.175 e. The van der Waals surface area contributed by atoms with Gasteiger partial charge in [-0.3, -0.25) is 0 Å². The molecule has 0 spiro atoms. The number of benzene rings is 1. The summed E-state index contributed by atoms with van der Waals surface area (Å²) in [5.41, 5.74) is 0.690. The van der Waals surface area contributed by atoms with Crippen molar-refractivity contribution in [1.29, 1.82) is 0 Å². The zero-order valence-electron chi connectivity index (χ0n) is 11.5. The maximum atomic E-state index is 11.8. The van der Waals surface area contributed by atoms with E-state index < -0.39 is 9.84 Å². The molecular weight excluding hydrogens is 232 g/mol. The van der Waals surface area contributed by atoms with Crippen LogP contribution in [0.25, 0.3) is 0 Å². The summed E-state index contributed by atoms with van der Waals surface area (Å²) in [5, 5.41) is 0. The number of rotatable bonds is 2. The molecule has 0 atom stereocenters. The molecule has 0 heterocycles. The van der Waals surface area contributed by atoms with E-state index in [0.717, 1.165) is 5.56 Å². The summed E-state index contributed by atoms with van der Waals surface area (Å²) < 4.78 is 23.7. The van der Waals surface area contributed by atoms with Crippen molar-refractivity contribution in [3.8, 4) is 0 Å². The standard InChI is InChI=1S/C14H22O2S/c1-13(2,3)14(4,5)11-9-7-8-10-12(11)17(6,15)16/h7-10H,1-6H3. The van der Waals surface area contributed by atoms with Gasteiger partial charge in [-0.1, -0.05) is 52.8 Å². The van der Waals surface area contributed by atoms with E-state index in [9.17, 15) is 8.42 Å². The van der Waals surface area contributed by atoms with Crippen molar-refractivity contribution in [2.45, 2.75) is 44.9 Å². The predicted octanol–water partition coefficient (Wildman–Crippen LogP) is 3.41. The normalized spacial score (nSPS) is 13.8. The van der Waals surface area contributed by atoms with Crippen LogP contribution in [-0.4, -0.2) is 14.7 Å². The maximum absolute atomic E-state index is 11.8. The monoisotopic (exact) mass is 254 g/mol. The third kappa shape index (κ3) is 2.71. The number of sulfone groups is 1. The first-order valence-electron chi connectivity index (χ1n) is 5.77. The van der Waals surface area contributed by atoms with Crippen LogP contribution >= 0.6 is 0 Å². The zero-order chi connectivity index (χ0) is 13.5. The van der Waals surface area contributed by atoms with Gasteiger partial charge in [0.2, 0.25) is 0 Å². The molecule has 0 saturated carbocycles. The molecule has 0 amide bonds. The SMILES string of the molecule is CC(C)(C)C(C)(C)c1ccccc1S(C)(=O)=O. The van der Waals surface area contributed by atoms with Crippen LogP contribution in [0.5, 0.6) is 0 Å². The first kappa shape index (κ1) is 14.2. The van der Waals surface area contributed by atoms with E-state index in [4.69, 9.17) is 0 Å². The molecule has 1 aromatic rings. The van der Waals surface area contributed by atoms with Crippen molar-refractivity contribution in [2.24, 2.45) is 5.41 Å². The lowest BCUT2D eigenvalue weighted by atomic mass is 9.65. The molecule has 2 nitrogen and oxygen atoms in total. The second-order valence-corrected chi connectivity index (χ2v) is 8.13. The Bertz CT molecular complexity index is 505. The molecule has 0 saturated heterocycles. The summed E-state index contributed by atoms with van der Waals surface area (Å²) in [4.78, 5) is 0.444. The van der Waals surface area contributed by atoms with Crippen LogP contribution in [-0.2, 0) is 15.3 Å². The van der Waals surface area contributed by atoms with Gasteiger partial charge in [-0.15, -0.1) is 0 Å². The third-order valence-electron chi connectivity index (χ3n) is 3.83. The van der Waals surface area contributed by atoms with E-state index in [1.54, 1.807) is 12.1 Å². The highest BCUT2D eigenvalue weighted by Gasteiger charge is 2.37. The predicted molar refractivity (Wildman–Crippen MR) is 72.0 cm³/mol. The summed E-state index contributed by atoms with van der Waals surface area (Å²) in [6.45, 7) is 10.6. The van der Waals surface area contributed by atoms with Gasteiger partial charge in [0.15, 0.2) is 9.84 Å². The van der Waals surface area contributed by atoms with Crippen LogP contribution in [0.2, 0.25) is 0 Å². The Morgan fingerprint density at radius 1 is 0.941 bits per heavy atom. The first-order valence-corrected chi connectivity index (χ1v) is 7.66. The average molecular weight is 254 g/mol. The lowest BCUT2D eigenvalue weighted by molar-refractivity contribution is 0.222. The van der Waals surface area contributed by atoms with Crippen molar-refractivity contribution in [3.63, 3.8) is 0 Å². The van der Waals surface area contributed by atoms with Crippen molar-refractivity contribution in [1.82, 2.24) is 0 Å². The molecule has 0 aliphatic heterocycles. The van der Waals surface area contributed by atoms with Gasteiger partial charge < -0.3 is 0 Å². The molecule has 96 valence electrons. The fourth-order valence-corrected chi connectivity index (χ4v) is 2.76. The molecule has 0 N–H and O–H groups in total. The number of hydrogen-bond donors (Lipinski definition) is 0. The molecule has 0 radical (unpaired) electrons. The molecule has 1 aromatic carbocycles. The highest BCUT2D eigenvalue weighted by Crippen LogP contribution is 2.43. The van der Waals surface area contributed by atoms with Gasteiger partial charge >= 0.3 is 0 Å². The van der Waals surface area contributed by atoms with Gasteiger partial charge in [0.25, 0.3) is 0 Å². The maximum Gasteiger partial charge on any atom is 0.175 e. The van der Waals surface area contributed by atoms with Crippen LogP contribution in [0.4, 0.5) is 0 Å². The molecule has 1 rings (SSSR count). The fourth-order valence-electron chi connectivity index (χ4n) is 1.71. The molecule has 0 unspecified atom stereocenters. The van der Waals surface area contributed by atoms with E-state index in [0.29, 0.717) is 4.90 Å². The van der Waals surface area contributed by atoms with Gasteiger partial charge in [-0.25, -0.2) is 8.42 Å². The van der Waals surface area contributed by atoms with Crippen LogP contribution in [0, 0.1) is 5.41 Å². The van der Waals surface area contributed by atoms with E-state index in [-0.39, 0.29) is 10.8 Å².